The topological polar surface area (TPSA) is 36.0 Å². The molecule has 0 spiro atoms. The molecule has 1 aromatic rings. The zero-order valence-corrected chi connectivity index (χ0v) is 14.1. The van der Waals surface area contributed by atoms with Gasteiger partial charge in [0.2, 0.25) is 0 Å². The van der Waals surface area contributed by atoms with Crippen LogP contribution < -0.4 is 4.90 Å². The van der Waals surface area contributed by atoms with Crippen LogP contribution in [-0.4, -0.2) is 67.3 Å². The molecule has 2 aliphatic rings. The van der Waals surface area contributed by atoms with Crippen LogP contribution in [0.1, 0.15) is 20.3 Å². The van der Waals surface area contributed by atoms with Gasteiger partial charge >= 0.3 is 6.09 Å². The number of hydrogen-bond donors (Lipinski definition) is 0. The number of hydrogen-bond acceptors (Lipinski definition) is 4. The summed E-state index contributed by atoms with van der Waals surface area (Å²) in [5.74, 6) is 0. The van der Waals surface area contributed by atoms with E-state index in [-0.39, 0.29) is 12.2 Å². The number of benzene rings is 1. The second kappa shape index (κ2) is 7.32. The Morgan fingerprint density at radius 3 is 2.61 bits per heavy atom. The number of likely N-dealkylation sites (tertiary alicyclic amines) is 1. The van der Waals surface area contributed by atoms with Crippen LogP contribution in [0.5, 0.6) is 0 Å². The molecule has 0 radical (unpaired) electrons. The number of cyclic esters (lactones) is 1. The van der Waals surface area contributed by atoms with Gasteiger partial charge < -0.3 is 4.74 Å². The molecule has 1 aromatic carbocycles. The van der Waals surface area contributed by atoms with Gasteiger partial charge in [0.05, 0.1) is 6.54 Å². The number of para-hydroxylation sites is 1. The molecule has 0 N–H and O–H groups in total. The van der Waals surface area contributed by atoms with Crippen molar-refractivity contribution in [2.75, 3.05) is 44.2 Å². The fraction of sp³-hybridized carbons (Fsp3) is 0.611. The predicted molar refractivity (Wildman–Crippen MR) is 91.8 cm³/mol. The molecule has 2 aliphatic heterocycles. The minimum atomic E-state index is -0.222. The lowest BCUT2D eigenvalue weighted by Crippen LogP contribution is -2.39. The van der Waals surface area contributed by atoms with Crippen molar-refractivity contribution in [1.82, 2.24) is 9.80 Å². The summed E-state index contributed by atoms with van der Waals surface area (Å²) in [5.41, 5.74) is 0.919. The second-order valence-electron chi connectivity index (χ2n) is 6.38. The average molecular weight is 317 g/mol. The molecule has 0 unspecified atom stereocenters. The summed E-state index contributed by atoms with van der Waals surface area (Å²) in [6.07, 6.45) is 0.962. The molecule has 126 valence electrons. The maximum absolute atomic E-state index is 12.1. The highest BCUT2D eigenvalue weighted by atomic mass is 16.6. The summed E-state index contributed by atoms with van der Waals surface area (Å²) in [4.78, 5) is 18.8. The van der Waals surface area contributed by atoms with Crippen LogP contribution >= 0.6 is 0 Å². The summed E-state index contributed by atoms with van der Waals surface area (Å²) in [7, 11) is 0. The minimum Gasteiger partial charge on any atom is -0.443 e. The smallest absolute Gasteiger partial charge is 0.414 e. The molecule has 0 saturated carbocycles. The third-order valence-corrected chi connectivity index (χ3v) is 4.98. The van der Waals surface area contributed by atoms with Gasteiger partial charge in [-0.3, -0.25) is 14.7 Å². The largest absolute Gasteiger partial charge is 0.443 e. The first kappa shape index (κ1) is 16.3. The third-order valence-electron chi connectivity index (χ3n) is 4.98. The molecule has 0 aliphatic carbocycles. The van der Waals surface area contributed by atoms with Crippen LogP contribution in [0, 0.1) is 0 Å². The lowest BCUT2D eigenvalue weighted by molar-refractivity contribution is 0.113. The van der Waals surface area contributed by atoms with E-state index in [1.54, 1.807) is 4.90 Å². The van der Waals surface area contributed by atoms with E-state index < -0.39 is 0 Å². The maximum atomic E-state index is 12.1. The molecular formula is C18H27N3O2. The molecule has 5 heteroatoms. The third kappa shape index (κ3) is 3.67. The summed E-state index contributed by atoms with van der Waals surface area (Å²) < 4.78 is 5.57. The highest BCUT2D eigenvalue weighted by Crippen LogP contribution is 2.23. The monoisotopic (exact) mass is 317 g/mol. The number of anilines is 1. The van der Waals surface area contributed by atoms with E-state index in [1.807, 2.05) is 30.3 Å². The van der Waals surface area contributed by atoms with Crippen molar-refractivity contribution in [1.29, 1.82) is 0 Å². The quantitative estimate of drug-likeness (QED) is 0.807. The lowest BCUT2D eigenvalue weighted by Gasteiger charge is -2.26. The SMILES string of the molecule is CCN(CC)[C@H]1CCN(C[C@@H]2CN(c3ccccc3)C(=O)O2)C1. The Kier molecular flexibility index (Phi) is 5.18. The van der Waals surface area contributed by atoms with Crippen LogP contribution in [0.25, 0.3) is 0 Å². The molecule has 2 heterocycles. The van der Waals surface area contributed by atoms with E-state index in [2.05, 4.69) is 23.6 Å². The van der Waals surface area contributed by atoms with Crippen LogP contribution in [0.3, 0.4) is 0 Å². The molecule has 2 atom stereocenters. The van der Waals surface area contributed by atoms with Gasteiger partial charge in [0.1, 0.15) is 6.10 Å². The number of rotatable bonds is 6. The van der Waals surface area contributed by atoms with Gasteiger partial charge in [-0.1, -0.05) is 32.0 Å². The number of likely N-dealkylation sites (N-methyl/N-ethyl adjacent to an activating group) is 1. The summed E-state index contributed by atoms with van der Waals surface area (Å²) >= 11 is 0. The number of carbonyl (C=O) groups excluding carboxylic acids is 1. The molecular weight excluding hydrogens is 290 g/mol. The van der Waals surface area contributed by atoms with Crippen molar-refractivity contribution in [3.05, 3.63) is 30.3 Å². The zero-order valence-electron chi connectivity index (χ0n) is 14.1. The lowest BCUT2D eigenvalue weighted by atomic mass is 10.2. The highest BCUT2D eigenvalue weighted by molar-refractivity contribution is 5.89. The van der Waals surface area contributed by atoms with Gasteiger partial charge in [-0.2, -0.15) is 0 Å². The number of carbonyl (C=O) groups is 1. The molecule has 0 bridgehead atoms. The van der Waals surface area contributed by atoms with Gasteiger partial charge in [0, 0.05) is 24.8 Å². The zero-order chi connectivity index (χ0) is 16.2. The van der Waals surface area contributed by atoms with Crippen LogP contribution in [0.15, 0.2) is 30.3 Å². The van der Waals surface area contributed by atoms with Crippen molar-refractivity contribution >= 4 is 11.8 Å². The molecule has 23 heavy (non-hydrogen) atoms. The number of nitrogens with zero attached hydrogens (tertiary/aromatic N) is 3. The van der Waals surface area contributed by atoms with Crippen molar-refractivity contribution in [2.45, 2.75) is 32.4 Å². The van der Waals surface area contributed by atoms with Gasteiger partial charge in [0.25, 0.3) is 0 Å². The van der Waals surface area contributed by atoms with Gasteiger partial charge in [-0.25, -0.2) is 4.79 Å². The molecule has 0 aromatic heterocycles. The second-order valence-corrected chi connectivity index (χ2v) is 6.38. The Morgan fingerprint density at radius 1 is 1.17 bits per heavy atom. The minimum absolute atomic E-state index is 0.0295. The Hall–Kier alpha value is -1.59. The highest BCUT2D eigenvalue weighted by Gasteiger charge is 2.35. The van der Waals surface area contributed by atoms with E-state index in [4.69, 9.17) is 4.74 Å². The first-order valence-corrected chi connectivity index (χ1v) is 8.70. The van der Waals surface area contributed by atoms with E-state index in [1.165, 1.54) is 6.42 Å². The molecule has 2 saturated heterocycles. The van der Waals surface area contributed by atoms with Gasteiger partial charge in [-0.15, -0.1) is 0 Å². The predicted octanol–water partition coefficient (Wildman–Crippen LogP) is 2.43. The van der Waals surface area contributed by atoms with Crippen molar-refractivity contribution in [3.8, 4) is 0 Å². The summed E-state index contributed by atoms with van der Waals surface area (Å²) in [6, 6.07) is 10.4. The van der Waals surface area contributed by atoms with Crippen LogP contribution in [0.2, 0.25) is 0 Å². The van der Waals surface area contributed by atoms with Crippen LogP contribution in [0.4, 0.5) is 10.5 Å². The number of ether oxygens (including phenoxy) is 1. The fourth-order valence-electron chi connectivity index (χ4n) is 3.74. The first-order chi connectivity index (χ1) is 11.2. The van der Waals surface area contributed by atoms with E-state index >= 15 is 0 Å². The van der Waals surface area contributed by atoms with E-state index in [0.717, 1.165) is 38.4 Å². The van der Waals surface area contributed by atoms with Crippen LogP contribution in [-0.2, 0) is 4.74 Å². The summed E-state index contributed by atoms with van der Waals surface area (Å²) in [5, 5.41) is 0. The molecule has 1 amide bonds. The standard InChI is InChI=1S/C18H27N3O2/c1-3-20(4-2)16-10-11-19(12-16)13-17-14-21(18(22)23-17)15-8-6-5-7-9-15/h5-9,16-17H,3-4,10-14H2,1-2H3/t16-,17+/m0/s1. The average Bonchev–Trinajstić information content (AvgIpc) is 3.17. The Bertz CT molecular complexity index is 518. The van der Waals surface area contributed by atoms with E-state index in [9.17, 15) is 4.79 Å². The Morgan fingerprint density at radius 2 is 1.91 bits per heavy atom. The molecule has 2 fully saturated rings. The van der Waals surface area contributed by atoms with Crippen molar-refractivity contribution in [2.24, 2.45) is 0 Å². The maximum Gasteiger partial charge on any atom is 0.414 e. The van der Waals surface area contributed by atoms with Crippen molar-refractivity contribution in [3.63, 3.8) is 0 Å². The normalized spacial score (nSPS) is 25.3. The Labute approximate surface area is 138 Å². The molecule has 5 nitrogen and oxygen atoms in total. The van der Waals surface area contributed by atoms with E-state index in [0.29, 0.717) is 12.6 Å². The van der Waals surface area contributed by atoms with Gasteiger partial charge in [-0.05, 0) is 38.2 Å². The Balaban J connectivity index is 1.53. The van der Waals surface area contributed by atoms with Gasteiger partial charge in [0.15, 0.2) is 0 Å². The molecule has 3 rings (SSSR count). The van der Waals surface area contributed by atoms with Crippen molar-refractivity contribution < 1.29 is 9.53 Å². The fourth-order valence-corrected chi connectivity index (χ4v) is 3.74. The summed E-state index contributed by atoms with van der Waals surface area (Å²) in [6.45, 7) is 10.3. The number of amides is 1. The first-order valence-electron chi connectivity index (χ1n) is 8.70.